The zero-order valence-corrected chi connectivity index (χ0v) is 18.6. The fourth-order valence-corrected chi connectivity index (χ4v) is 4.09. The molecule has 2 heterocycles. The predicted molar refractivity (Wildman–Crippen MR) is 120 cm³/mol. The van der Waals surface area contributed by atoms with E-state index >= 15 is 0 Å². The zero-order valence-electron chi connectivity index (χ0n) is 17.8. The molecule has 6 nitrogen and oxygen atoms in total. The van der Waals surface area contributed by atoms with E-state index in [1.807, 2.05) is 69.6 Å². The highest BCUT2D eigenvalue weighted by atomic mass is 32.2. The van der Waals surface area contributed by atoms with Crippen LogP contribution < -0.4 is 10.2 Å². The van der Waals surface area contributed by atoms with Gasteiger partial charge < -0.3 is 19.2 Å². The highest BCUT2D eigenvalue weighted by Gasteiger charge is 2.21. The van der Waals surface area contributed by atoms with Gasteiger partial charge in [-0.1, -0.05) is 12.1 Å². The van der Waals surface area contributed by atoms with Crippen molar-refractivity contribution in [3.63, 3.8) is 0 Å². The van der Waals surface area contributed by atoms with Gasteiger partial charge in [-0.15, -0.1) is 11.8 Å². The number of para-hydroxylation sites is 1. The molecule has 1 unspecified atom stereocenters. The molecule has 1 atom stereocenters. The van der Waals surface area contributed by atoms with Gasteiger partial charge in [0.25, 0.3) is 5.91 Å². The average Bonchev–Trinajstić information content (AvgIpc) is 3.32. The number of amides is 1. The molecular formula is C23H28N3O3S+. The molecule has 1 amide bonds. The van der Waals surface area contributed by atoms with E-state index in [1.165, 1.54) is 0 Å². The lowest BCUT2D eigenvalue weighted by molar-refractivity contribution is -0.861. The number of carbonyl (C=O) groups is 2. The fourth-order valence-electron chi connectivity index (χ4n) is 3.53. The molecule has 3 aromatic rings. The van der Waals surface area contributed by atoms with Crippen molar-refractivity contribution in [1.82, 2.24) is 4.57 Å². The molecule has 2 N–H and O–H groups in total. The van der Waals surface area contributed by atoms with Crippen LogP contribution in [-0.2, 0) is 11.3 Å². The summed E-state index contributed by atoms with van der Waals surface area (Å²) in [5, 5.41) is 2.95. The monoisotopic (exact) mass is 426 g/mol. The number of hydrogen-bond donors (Lipinski definition) is 2. The number of likely N-dealkylation sites (N-methyl/N-ethyl adjacent to an activating group) is 1. The highest BCUT2D eigenvalue weighted by molar-refractivity contribution is 7.98. The van der Waals surface area contributed by atoms with Gasteiger partial charge in [0, 0.05) is 21.8 Å². The minimum Gasteiger partial charge on any atom is -0.467 e. The third-order valence-electron chi connectivity index (χ3n) is 5.07. The van der Waals surface area contributed by atoms with E-state index < -0.39 is 0 Å². The molecule has 2 aromatic heterocycles. The van der Waals surface area contributed by atoms with E-state index in [9.17, 15) is 9.59 Å². The van der Waals surface area contributed by atoms with Crippen LogP contribution in [0.1, 0.15) is 27.5 Å². The maximum absolute atomic E-state index is 12.9. The molecule has 0 bridgehead atoms. The van der Waals surface area contributed by atoms with Crippen molar-refractivity contribution < 1.29 is 18.9 Å². The van der Waals surface area contributed by atoms with E-state index in [2.05, 4.69) is 9.88 Å². The summed E-state index contributed by atoms with van der Waals surface area (Å²) in [5.74, 6) is 0.773. The number of thioether (sulfide) groups is 1. The first-order valence-electron chi connectivity index (χ1n) is 9.85. The summed E-state index contributed by atoms with van der Waals surface area (Å²) in [6, 6.07) is 13.4. The topological polar surface area (TPSA) is 68.7 Å². The predicted octanol–water partition coefficient (Wildman–Crippen LogP) is 2.80. The Hall–Kier alpha value is -2.77. The first kappa shape index (κ1) is 21.9. The van der Waals surface area contributed by atoms with E-state index in [-0.39, 0.29) is 24.8 Å². The summed E-state index contributed by atoms with van der Waals surface area (Å²) in [5.41, 5.74) is 3.43. The second-order valence-electron chi connectivity index (χ2n) is 7.43. The number of aryl methyl sites for hydroxylation is 1. The van der Waals surface area contributed by atoms with Gasteiger partial charge in [0.2, 0.25) is 5.78 Å². The second-order valence-corrected chi connectivity index (χ2v) is 8.28. The number of ketones is 1. The van der Waals surface area contributed by atoms with Crippen LogP contribution in [0.2, 0.25) is 0 Å². The molecule has 0 saturated carbocycles. The van der Waals surface area contributed by atoms with Crippen LogP contribution in [0.15, 0.2) is 58.0 Å². The summed E-state index contributed by atoms with van der Waals surface area (Å²) in [6.45, 7) is 5.00. The van der Waals surface area contributed by atoms with Crippen LogP contribution in [-0.4, -0.2) is 42.7 Å². The molecule has 3 rings (SSSR count). The SMILES string of the molecule is CSc1ccccc1NC(=O)C[NH+](C)CC(=O)c1cc(C)n(Cc2ccco2)c1C. The molecule has 0 aliphatic carbocycles. The van der Waals surface area contributed by atoms with Crippen LogP contribution in [0.25, 0.3) is 0 Å². The minimum atomic E-state index is -0.106. The van der Waals surface area contributed by atoms with E-state index in [4.69, 9.17) is 4.42 Å². The van der Waals surface area contributed by atoms with Crippen molar-refractivity contribution in [3.05, 3.63) is 71.4 Å². The first-order chi connectivity index (χ1) is 14.4. The van der Waals surface area contributed by atoms with Crippen molar-refractivity contribution in [1.29, 1.82) is 0 Å². The Labute approximate surface area is 181 Å². The third kappa shape index (κ3) is 5.23. The number of Topliss-reactive ketones (excluding diaryl/α,β-unsaturated/α-hetero) is 1. The number of furan rings is 1. The maximum Gasteiger partial charge on any atom is 0.279 e. The highest BCUT2D eigenvalue weighted by Crippen LogP contribution is 2.24. The van der Waals surface area contributed by atoms with Gasteiger partial charge >= 0.3 is 0 Å². The molecule has 158 valence electrons. The molecule has 30 heavy (non-hydrogen) atoms. The first-order valence-corrected chi connectivity index (χ1v) is 11.1. The van der Waals surface area contributed by atoms with E-state index in [0.29, 0.717) is 12.1 Å². The van der Waals surface area contributed by atoms with Crippen molar-refractivity contribution >= 4 is 29.1 Å². The molecule has 0 aliphatic heterocycles. The normalized spacial score (nSPS) is 12.0. The summed E-state index contributed by atoms with van der Waals surface area (Å²) in [4.78, 5) is 27.2. The van der Waals surface area contributed by atoms with Gasteiger partial charge in [-0.25, -0.2) is 0 Å². The van der Waals surface area contributed by atoms with Gasteiger partial charge in [-0.05, 0) is 50.4 Å². The number of hydrogen-bond acceptors (Lipinski definition) is 4. The molecular weight excluding hydrogens is 398 g/mol. The summed E-state index contributed by atoms with van der Waals surface area (Å²) >= 11 is 1.59. The summed E-state index contributed by atoms with van der Waals surface area (Å²) in [6.07, 6.45) is 3.62. The number of rotatable bonds is 9. The fraction of sp³-hybridized carbons (Fsp3) is 0.304. The van der Waals surface area contributed by atoms with Gasteiger partial charge in [-0.3, -0.25) is 9.59 Å². The molecule has 7 heteroatoms. The van der Waals surface area contributed by atoms with Crippen LogP contribution >= 0.6 is 11.8 Å². The number of anilines is 1. The lowest BCUT2D eigenvalue weighted by atomic mass is 10.1. The van der Waals surface area contributed by atoms with Gasteiger partial charge in [0.15, 0.2) is 6.54 Å². The smallest absolute Gasteiger partial charge is 0.279 e. The lowest BCUT2D eigenvalue weighted by Crippen LogP contribution is -3.11. The standard InChI is InChI=1S/C23H27N3O3S/c1-16-12-19(17(2)26(16)13-18-8-7-11-29-18)21(27)14-25(3)15-23(28)24-20-9-5-6-10-22(20)30-4/h5-12H,13-15H2,1-4H3,(H,24,28)/p+1. The minimum absolute atomic E-state index is 0.0311. The van der Waals surface area contributed by atoms with Crippen molar-refractivity contribution in [2.24, 2.45) is 0 Å². The average molecular weight is 427 g/mol. The Bertz CT molecular complexity index is 1020. The Morgan fingerprint density at radius 2 is 1.90 bits per heavy atom. The van der Waals surface area contributed by atoms with Crippen molar-refractivity contribution in [2.45, 2.75) is 25.3 Å². The third-order valence-corrected chi connectivity index (χ3v) is 5.87. The summed E-state index contributed by atoms with van der Waals surface area (Å²) in [7, 11) is 1.86. The van der Waals surface area contributed by atoms with Crippen LogP contribution in [0.4, 0.5) is 5.69 Å². The van der Waals surface area contributed by atoms with Crippen LogP contribution in [0.5, 0.6) is 0 Å². The molecule has 0 saturated heterocycles. The number of nitrogens with one attached hydrogen (secondary N) is 2. The number of nitrogens with zero attached hydrogens (tertiary/aromatic N) is 1. The molecule has 0 aliphatic rings. The quantitative estimate of drug-likeness (QED) is 0.408. The number of carbonyl (C=O) groups excluding carboxylic acids is 2. The molecule has 0 spiro atoms. The maximum atomic E-state index is 12.9. The molecule has 1 aromatic carbocycles. The Balaban J connectivity index is 1.61. The van der Waals surface area contributed by atoms with Gasteiger partial charge in [-0.2, -0.15) is 0 Å². The van der Waals surface area contributed by atoms with Crippen molar-refractivity contribution in [2.75, 3.05) is 31.7 Å². The number of quaternary nitrogens is 1. The second kappa shape index (κ2) is 9.82. The largest absolute Gasteiger partial charge is 0.467 e. The van der Waals surface area contributed by atoms with Gasteiger partial charge in [0.05, 0.1) is 25.5 Å². The van der Waals surface area contributed by atoms with Crippen molar-refractivity contribution in [3.8, 4) is 0 Å². The van der Waals surface area contributed by atoms with E-state index in [0.717, 1.165) is 32.6 Å². The zero-order chi connectivity index (χ0) is 21.7. The van der Waals surface area contributed by atoms with E-state index in [1.54, 1.807) is 18.0 Å². The molecule has 0 radical (unpaired) electrons. The lowest BCUT2D eigenvalue weighted by Gasteiger charge is -2.14. The Morgan fingerprint density at radius 1 is 1.13 bits per heavy atom. The van der Waals surface area contributed by atoms with Gasteiger partial charge in [0.1, 0.15) is 12.3 Å². The number of aromatic nitrogens is 1. The summed E-state index contributed by atoms with van der Waals surface area (Å²) < 4.78 is 7.51. The Kier molecular flexibility index (Phi) is 7.18. The van der Waals surface area contributed by atoms with Crippen LogP contribution in [0.3, 0.4) is 0 Å². The number of benzene rings is 1. The van der Waals surface area contributed by atoms with Crippen LogP contribution in [0, 0.1) is 13.8 Å². The molecule has 0 fully saturated rings. The Morgan fingerprint density at radius 3 is 2.60 bits per heavy atom.